The molecule has 0 radical (unpaired) electrons. The minimum atomic E-state index is -0.0233. The SMILES string of the molecule is CC(C)CC(=O)NCCC1CCN(C(=O)Nc2ccccc2)CC1. The third-order valence-electron chi connectivity index (χ3n) is 4.40. The summed E-state index contributed by atoms with van der Waals surface area (Å²) in [4.78, 5) is 25.8. The van der Waals surface area contributed by atoms with Gasteiger partial charge in [0.15, 0.2) is 0 Å². The molecule has 3 amide bonds. The van der Waals surface area contributed by atoms with Crippen LogP contribution in [0.5, 0.6) is 0 Å². The zero-order valence-corrected chi connectivity index (χ0v) is 14.8. The average Bonchev–Trinajstić information content (AvgIpc) is 2.55. The van der Waals surface area contributed by atoms with E-state index < -0.39 is 0 Å². The van der Waals surface area contributed by atoms with Crippen LogP contribution in [0.15, 0.2) is 30.3 Å². The summed E-state index contributed by atoms with van der Waals surface area (Å²) in [6.07, 6.45) is 3.60. The van der Waals surface area contributed by atoms with Crippen molar-refractivity contribution in [2.75, 3.05) is 25.0 Å². The number of rotatable bonds is 6. The number of hydrogen-bond acceptors (Lipinski definition) is 2. The van der Waals surface area contributed by atoms with Crippen molar-refractivity contribution in [1.29, 1.82) is 0 Å². The summed E-state index contributed by atoms with van der Waals surface area (Å²) in [5.41, 5.74) is 0.831. The van der Waals surface area contributed by atoms with Gasteiger partial charge in [-0.2, -0.15) is 0 Å². The van der Waals surface area contributed by atoms with Gasteiger partial charge in [0.25, 0.3) is 0 Å². The summed E-state index contributed by atoms with van der Waals surface area (Å²) in [5, 5.41) is 5.93. The Morgan fingerprint density at radius 2 is 1.83 bits per heavy atom. The zero-order valence-electron chi connectivity index (χ0n) is 14.8. The summed E-state index contributed by atoms with van der Waals surface area (Å²) in [7, 11) is 0. The van der Waals surface area contributed by atoms with Crippen molar-refractivity contribution >= 4 is 17.6 Å². The molecule has 1 aliphatic heterocycles. The maximum Gasteiger partial charge on any atom is 0.321 e. The summed E-state index contributed by atoms with van der Waals surface area (Å²) in [6, 6.07) is 9.52. The summed E-state index contributed by atoms with van der Waals surface area (Å²) in [5.74, 6) is 1.13. The van der Waals surface area contributed by atoms with E-state index in [9.17, 15) is 9.59 Å². The topological polar surface area (TPSA) is 61.4 Å². The van der Waals surface area contributed by atoms with Gasteiger partial charge in [-0.1, -0.05) is 32.0 Å². The smallest absolute Gasteiger partial charge is 0.321 e. The first-order chi connectivity index (χ1) is 11.5. The van der Waals surface area contributed by atoms with Crippen LogP contribution in [0.4, 0.5) is 10.5 Å². The first-order valence-electron chi connectivity index (χ1n) is 8.92. The van der Waals surface area contributed by atoms with Gasteiger partial charge in [0.1, 0.15) is 0 Å². The number of carbonyl (C=O) groups excluding carboxylic acids is 2. The fraction of sp³-hybridized carbons (Fsp3) is 0.579. The van der Waals surface area contributed by atoms with Crippen molar-refractivity contribution in [2.45, 2.75) is 39.5 Å². The maximum atomic E-state index is 12.2. The lowest BCUT2D eigenvalue weighted by molar-refractivity contribution is -0.121. The molecule has 1 fully saturated rings. The fourth-order valence-corrected chi connectivity index (χ4v) is 3.01. The minimum Gasteiger partial charge on any atom is -0.356 e. The Morgan fingerprint density at radius 1 is 1.17 bits per heavy atom. The third-order valence-corrected chi connectivity index (χ3v) is 4.40. The lowest BCUT2D eigenvalue weighted by Crippen LogP contribution is -2.41. The van der Waals surface area contributed by atoms with Crippen molar-refractivity contribution in [3.8, 4) is 0 Å². The van der Waals surface area contributed by atoms with Crippen molar-refractivity contribution < 1.29 is 9.59 Å². The fourth-order valence-electron chi connectivity index (χ4n) is 3.01. The quantitative estimate of drug-likeness (QED) is 0.838. The molecule has 2 rings (SSSR count). The maximum absolute atomic E-state index is 12.2. The highest BCUT2D eigenvalue weighted by atomic mass is 16.2. The van der Waals surface area contributed by atoms with E-state index in [1.165, 1.54) is 0 Å². The molecule has 24 heavy (non-hydrogen) atoms. The summed E-state index contributed by atoms with van der Waals surface area (Å²) in [6.45, 7) is 6.41. The van der Waals surface area contributed by atoms with Crippen LogP contribution in [0.2, 0.25) is 0 Å². The van der Waals surface area contributed by atoms with Crippen molar-refractivity contribution in [3.63, 3.8) is 0 Å². The highest BCUT2D eigenvalue weighted by Gasteiger charge is 2.22. The van der Waals surface area contributed by atoms with Crippen molar-refractivity contribution in [2.24, 2.45) is 11.8 Å². The zero-order chi connectivity index (χ0) is 17.4. The highest BCUT2D eigenvalue weighted by Crippen LogP contribution is 2.20. The van der Waals surface area contributed by atoms with Gasteiger partial charge in [-0.15, -0.1) is 0 Å². The summed E-state index contributed by atoms with van der Waals surface area (Å²) < 4.78 is 0. The summed E-state index contributed by atoms with van der Waals surface area (Å²) >= 11 is 0. The Hall–Kier alpha value is -2.04. The number of nitrogens with zero attached hydrogens (tertiary/aromatic N) is 1. The monoisotopic (exact) mass is 331 g/mol. The molecule has 5 heteroatoms. The Morgan fingerprint density at radius 3 is 2.46 bits per heavy atom. The Kier molecular flexibility index (Phi) is 7.09. The molecule has 1 aromatic rings. The molecule has 0 unspecified atom stereocenters. The second kappa shape index (κ2) is 9.30. The van der Waals surface area contributed by atoms with Crippen molar-refractivity contribution in [3.05, 3.63) is 30.3 Å². The molecule has 1 heterocycles. The van der Waals surface area contributed by atoms with Crippen LogP contribution in [0.1, 0.15) is 39.5 Å². The van der Waals surface area contributed by atoms with Crippen LogP contribution >= 0.6 is 0 Å². The lowest BCUT2D eigenvalue weighted by Gasteiger charge is -2.32. The number of anilines is 1. The van der Waals surface area contributed by atoms with E-state index in [-0.39, 0.29) is 11.9 Å². The average molecular weight is 331 g/mol. The predicted molar refractivity (Wildman–Crippen MR) is 96.8 cm³/mol. The second-order valence-corrected chi connectivity index (χ2v) is 6.96. The molecule has 0 atom stereocenters. The van der Waals surface area contributed by atoms with Crippen LogP contribution in [0, 0.1) is 11.8 Å². The minimum absolute atomic E-state index is 0.0233. The Bertz CT molecular complexity index is 523. The van der Waals surface area contributed by atoms with Crippen LogP contribution in [-0.4, -0.2) is 36.5 Å². The molecule has 132 valence electrons. The third kappa shape index (κ3) is 6.22. The lowest BCUT2D eigenvalue weighted by atomic mass is 9.93. The van der Waals surface area contributed by atoms with Gasteiger partial charge in [-0.25, -0.2) is 4.79 Å². The van der Waals surface area contributed by atoms with Crippen LogP contribution in [-0.2, 0) is 4.79 Å². The number of hydrogen-bond donors (Lipinski definition) is 2. The van der Waals surface area contributed by atoms with Crippen LogP contribution in [0.25, 0.3) is 0 Å². The second-order valence-electron chi connectivity index (χ2n) is 6.96. The molecular formula is C19H29N3O2. The molecule has 1 saturated heterocycles. The molecule has 1 aliphatic rings. The van der Waals surface area contributed by atoms with E-state index in [4.69, 9.17) is 0 Å². The number of piperidine rings is 1. The van der Waals surface area contributed by atoms with Gasteiger partial charge < -0.3 is 15.5 Å². The van der Waals surface area contributed by atoms with E-state index in [0.717, 1.165) is 44.6 Å². The van der Waals surface area contributed by atoms with E-state index in [1.807, 2.05) is 35.2 Å². The number of nitrogens with one attached hydrogen (secondary N) is 2. The number of carbonyl (C=O) groups is 2. The molecule has 0 bridgehead atoms. The van der Waals surface area contributed by atoms with Gasteiger partial charge in [0.05, 0.1) is 0 Å². The van der Waals surface area contributed by atoms with Gasteiger partial charge in [0, 0.05) is 31.7 Å². The van der Waals surface area contributed by atoms with Gasteiger partial charge in [0.2, 0.25) is 5.91 Å². The molecule has 0 aromatic heterocycles. The number of urea groups is 1. The normalized spacial score (nSPS) is 15.4. The van der Waals surface area contributed by atoms with E-state index in [1.54, 1.807) is 0 Å². The first-order valence-corrected chi connectivity index (χ1v) is 8.92. The van der Waals surface area contributed by atoms with Crippen molar-refractivity contribution in [1.82, 2.24) is 10.2 Å². The first kappa shape index (κ1) is 18.3. The van der Waals surface area contributed by atoms with Crippen LogP contribution in [0.3, 0.4) is 0 Å². The molecule has 0 aliphatic carbocycles. The Labute approximate surface area is 144 Å². The Balaban J connectivity index is 1.64. The van der Waals surface area contributed by atoms with Crippen LogP contribution < -0.4 is 10.6 Å². The van der Waals surface area contributed by atoms with E-state index in [2.05, 4.69) is 24.5 Å². The molecule has 0 saturated carbocycles. The molecule has 1 aromatic carbocycles. The molecule has 0 spiro atoms. The van der Waals surface area contributed by atoms with Gasteiger partial charge in [-0.05, 0) is 43.2 Å². The number of para-hydroxylation sites is 1. The predicted octanol–water partition coefficient (Wildman–Crippen LogP) is 3.48. The standard InChI is InChI=1S/C19H29N3O2/c1-15(2)14-18(23)20-11-8-16-9-12-22(13-10-16)19(24)21-17-6-4-3-5-7-17/h3-7,15-16H,8-14H2,1-2H3,(H,20,23)(H,21,24). The van der Waals surface area contributed by atoms with E-state index in [0.29, 0.717) is 18.3 Å². The van der Waals surface area contributed by atoms with E-state index >= 15 is 0 Å². The van der Waals surface area contributed by atoms with Gasteiger partial charge >= 0.3 is 6.03 Å². The number of amides is 3. The number of benzene rings is 1. The van der Waals surface area contributed by atoms with Gasteiger partial charge in [-0.3, -0.25) is 4.79 Å². The highest BCUT2D eigenvalue weighted by molar-refractivity contribution is 5.89. The molecule has 2 N–H and O–H groups in total. The largest absolute Gasteiger partial charge is 0.356 e. The molecular weight excluding hydrogens is 302 g/mol. The molecule has 5 nitrogen and oxygen atoms in total. The number of likely N-dealkylation sites (tertiary alicyclic amines) is 1.